The minimum Gasteiger partial charge on any atom is -0.456 e. The van der Waals surface area contributed by atoms with Crippen LogP contribution in [0.2, 0.25) is 0 Å². The Morgan fingerprint density at radius 1 is 0.500 bits per heavy atom. The van der Waals surface area contributed by atoms with Gasteiger partial charge in [0.2, 0.25) is 5.95 Å². The summed E-state index contributed by atoms with van der Waals surface area (Å²) in [5, 5.41) is -0.329. The molecule has 3 heterocycles. The van der Waals surface area contributed by atoms with Crippen LogP contribution in [-0.2, 0) is 0 Å². The smallest absolute Gasteiger partial charge is 0.238 e. The maximum atomic E-state index is 9.54. The first-order valence-corrected chi connectivity index (χ1v) is 13.8. The van der Waals surface area contributed by atoms with Crippen LogP contribution in [0.15, 0.2) is 150 Å². The first kappa shape index (κ1) is 16.5. The standard InChI is InChI=1S/C39H24N4O/c1-3-12-25(13-4-1)27-16-11-17-28(22-27)38-40-37(26-14-5-2-6-15-26)41-39(42-38)43-33-20-9-7-18-29(33)31-23-32-30-19-8-10-21-35(30)44-36(32)24-34(31)43/h1-24H/i7D,8D,9D,10D,18D,19D,20D,21D,23D,24D. The summed E-state index contributed by atoms with van der Waals surface area (Å²) in [6.45, 7) is 0. The van der Waals surface area contributed by atoms with E-state index < -0.39 is 48.3 Å². The third kappa shape index (κ3) is 3.91. The highest BCUT2D eigenvalue weighted by Gasteiger charge is 2.20. The van der Waals surface area contributed by atoms with Gasteiger partial charge >= 0.3 is 0 Å². The molecule has 0 aliphatic heterocycles. The summed E-state index contributed by atoms with van der Waals surface area (Å²) in [7, 11) is 0. The van der Waals surface area contributed by atoms with Crippen LogP contribution in [-0.4, -0.2) is 19.5 Å². The second kappa shape index (κ2) is 9.75. The van der Waals surface area contributed by atoms with Gasteiger partial charge < -0.3 is 4.42 Å². The number of furan rings is 1. The molecule has 0 N–H and O–H groups in total. The monoisotopic (exact) mass is 574 g/mol. The molecule has 0 fully saturated rings. The molecule has 0 amide bonds. The normalized spacial score (nSPS) is 14.8. The zero-order valence-electron chi connectivity index (χ0n) is 32.8. The van der Waals surface area contributed by atoms with E-state index >= 15 is 0 Å². The quantitative estimate of drug-likeness (QED) is 0.210. The van der Waals surface area contributed by atoms with E-state index in [0.29, 0.717) is 11.1 Å². The van der Waals surface area contributed by atoms with Crippen LogP contribution in [0, 0.1) is 0 Å². The van der Waals surface area contributed by atoms with Gasteiger partial charge in [-0.15, -0.1) is 0 Å². The minimum atomic E-state index is -0.560. The molecular formula is C39H24N4O. The fraction of sp³-hybridized carbons (Fsp3) is 0. The average Bonchev–Trinajstić information content (AvgIpc) is 3.79. The van der Waals surface area contributed by atoms with Crippen LogP contribution in [0.3, 0.4) is 0 Å². The van der Waals surface area contributed by atoms with Crippen LogP contribution in [0.1, 0.15) is 13.7 Å². The summed E-state index contributed by atoms with van der Waals surface area (Å²) in [4.78, 5) is 14.5. The lowest BCUT2D eigenvalue weighted by atomic mass is 10.0. The molecule has 9 aromatic rings. The summed E-state index contributed by atoms with van der Waals surface area (Å²) in [5.41, 5.74) is 2.49. The number of para-hydroxylation sites is 2. The van der Waals surface area contributed by atoms with Crippen molar-refractivity contribution in [2.45, 2.75) is 0 Å². The van der Waals surface area contributed by atoms with Crippen LogP contribution in [0.4, 0.5) is 0 Å². The van der Waals surface area contributed by atoms with E-state index in [2.05, 4.69) is 0 Å². The van der Waals surface area contributed by atoms with Crippen LogP contribution >= 0.6 is 0 Å². The Bertz CT molecular complexity index is 3060. The van der Waals surface area contributed by atoms with Crippen molar-refractivity contribution in [1.29, 1.82) is 0 Å². The first-order valence-electron chi connectivity index (χ1n) is 18.8. The molecule has 0 atom stereocenters. The van der Waals surface area contributed by atoms with Gasteiger partial charge in [0.1, 0.15) is 11.2 Å². The Morgan fingerprint density at radius 2 is 1.16 bits per heavy atom. The predicted molar refractivity (Wildman–Crippen MR) is 178 cm³/mol. The van der Waals surface area contributed by atoms with Gasteiger partial charge in [0.05, 0.1) is 24.7 Å². The van der Waals surface area contributed by atoms with E-state index in [9.17, 15) is 2.74 Å². The molecule has 0 saturated heterocycles. The molecule has 5 nitrogen and oxygen atoms in total. The van der Waals surface area contributed by atoms with Crippen molar-refractivity contribution in [2.24, 2.45) is 0 Å². The highest BCUT2D eigenvalue weighted by molar-refractivity contribution is 6.17. The van der Waals surface area contributed by atoms with E-state index in [1.54, 1.807) is 0 Å². The van der Waals surface area contributed by atoms with Gasteiger partial charge in [0, 0.05) is 38.7 Å². The summed E-state index contributed by atoms with van der Waals surface area (Å²) in [6, 6.07) is 21.7. The average molecular weight is 575 g/mol. The van der Waals surface area contributed by atoms with Crippen molar-refractivity contribution < 1.29 is 18.1 Å². The number of hydrogen-bond acceptors (Lipinski definition) is 4. The number of aromatic nitrogens is 4. The highest BCUT2D eigenvalue weighted by Crippen LogP contribution is 2.38. The largest absolute Gasteiger partial charge is 0.456 e. The number of nitrogens with zero attached hydrogens (tertiary/aromatic N) is 4. The Morgan fingerprint density at radius 3 is 1.98 bits per heavy atom. The fourth-order valence-corrected chi connectivity index (χ4v) is 5.48. The molecule has 44 heavy (non-hydrogen) atoms. The number of rotatable bonds is 4. The van der Waals surface area contributed by atoms with E-state index in [4.69, 9.17) is 30.3 Å². The maximum Gasteiger partial charge on any atom is 0.238 e. The zero-order chi connectivity index (χ0) is 37.7. The minimum absolute atomic E-state index is 0.0566. The van der Waals surface area contributed by atoms with Crippen molar-refractivity contribution in [2.75, 3.05) is 0 Å². The molecule has 0 bridgehead atoms. The Hall–Kier alpha value is -6.07. The zero-order valence-corrected chi connectivity index (χ0v) is 22.8. The third-order valence-corrected chi connectivity index (χ3v) is 7.50. The molecule has 3 aromatic heterocycles. The van der Waals surface area contributed by atoms with Gasteiger partial charge in [-0.05, 0) is 35.3 Å². The lowest BCUT2D eigenvalue weighted by molar-refractivity contribution is 0.669. The van der Waals surface area contributed by atoms with Gasteiger partial charge in [-0.1, -0.05) is 115 Å². The fourth-order valence-electron chi connectivity index (χ4n) is 5.48. The van der Waals surface area contributed by atoms with Crippen molar-refractivity contribution in [1.82, 2.24) is 19.5 Å². The lowest BCUT2D eigenvalue weighted by Crippen LogP contribution is -2.06. The molecule has 5 heteroatoms. The molecule has 206 valence electrons. The molecule has 0 saturated carbocycles. The number of benzene rings is 6. The molecule has 0 unspecified atom stereocenters. The SMILES string of the molecule is [2H]c1c([2H])c([2H])c2c(oc3c([2H])c4c(c([2H])c32)c2c([2H])c([2H])c([2H])c([2H])c2n4-c2nc(-c3ccccc3)nc(-c3cccc(-c4ccccc4)c3)n2)c1[2H]. The first-order chi connectivity index (χ1) is 26.0. The van der Waals surface area contributed by atoms with Gasteiger partial charge in [-0.25, -0.2) is 4.98 Å². The van der Waals surface area contributed by atoms with Crippen molar-refractivity contribution >= 4 is 43.7 Å². The second-order valence-electron chi connectivity index (χ2n) is 10.1. The predicted octanol–water partition coefficient (Wildman–Crippen LogP) is 9.87. The van der Waals surface area contributed by atoms with Crippen LogP contribution in [0.25, 0.3) is 83.6 Å². The topological polar surface area (TPSA) is 56.7 Å². The maximum absolute atomic E-state index is 9.54. The highest BCUT2D eigenvalue weighted by atomic mass is 16.3. The summed E-state index contributed by atoms with van der Waals surface area (Å²) in [6.07, 6.45) is 0. The molecule has 6 aromatic carbocycles. The van der Waals surface area contributed by atoms with Crippen LogP contribution in [0.5, 0.6) is 0 Å². The second-order valence-corrected chi connectivity index (χ2v) is 10.1. The lowest BCUT2D eigenvalue weighted by Gasteiger charge is -2.11. The molecule has 0 aliphatic carbocycles. The Labute approximate surface area is 266 Å². The molecular weight excluding hydrogens is 540 g/mol. The third-order valence-electron chi connectivity index (χ3n) is 7.50. The summed E-state index contributed by atoms with van der Waals surface area (Å²) in [5.74, 6) is 0.378. The van der Waals surface area contributed by atoms with Crippen LogP contribution < -0.4 is 0 Å². The van der Waals surface area contributed by atoms with Gasteiger partial charge in [0.25, 0.3) is 0 Å². The molecule has 0 aliphatic rings. The molecule has 9 rings (SSSR count). The van der Waals surface area contributed by atoms with Crippen molar-refractivity contribution in [3.05, 3.63) is 145 Å². The molecule has 0 radical (unpaired) electrons. The number of hydrogen-bond donors (Lipinski definition) is 0. The van der Waals surface area contributed by atoms with E-state index in [1.165, 1.54) is 4.57 Å². The Kier molecular flexibility index (Phi) is 3.66. The molecule has 0 spiro atoms. The van der Waals surface area contributed by atoms with Crippen molar-refractivity contribution in [3.63, 3.8) is 0 Å². The summed E-state index contributed by atoms with van der Waals surface area (Å²) >= 11 is 0. The van der Waals surface area contributed by atoms with E-state index in [1.807, 2.05) is 84.9 Å². The van der Waals surface area contributed by atoms with Gasteiger partial charge in [0.15, 0.2) is 11.6 Å². The number of fused-ring (bicyclic) bond motifs is 6. The van der Waals surface area contributed by atoms with Gasteiger partial charge in [-0.3, -0.25) is 4.57 Å². The summed E-state index contributed by atoms with van der Waals surface area (Å²) < 4.78 is 95.4. The van der Waals surface area contributed by atoms with E-state index in [-0.39, 0.29) is 73.4 Å². The van der Waals surface area contributed by atoms with E-state index in [0.717, 1.165) is 11.1 Å². The van der Waals surface area contributed by atoms with Gasteiger partial charge in [-0.2, -0.15) is 9.97 Å². The van der Waals surface area contributed by atoms with Crippen molar-refractivity contribution in [3.8, 4) is 39.9 Å². The Balaban J connectivity index is 1.46.